The van der Waals surface area contributed by atoms with Crippen LogP contribution in [-0.4, -0.2) is 15.6 Å². The number of aryl methyl sites for hydroxylation is 2. The van der Waals surface area contributed by atoms with Gasteiger partial charge >= 0.3 is 0 Å². The summed E-state index contributed by atoms with van der Waals surface area (Å²) < 4.78 is 1.85. The van der Waals surface area contributed by atoms with Crippen LogP contribution in [0.3, 0.4) is 0 Å². The van der Waals surface area contributed by atoms with E-state index in [1.165, 1.54) is 25.7 Å². The summed E-state index contributed by atoms with van der Waals surface area (Å²) in [7, 11) is 1.93. The van der Waals surface area contributed by atoms with E-state index in [1.807, 2.05) is 24.7 Å². The molecule has 92 valence electrons. The molecule has 1 aromatic rings. The van der Waals surface area contributed by atoms with Crippen molar-refractivity contribution in [1.82, 2.24) is 9.78 Å². The Balaban J connectivity index is 1.66. The Bertz CT molecular complexity index is 437. The van der Waals surface area contributed by atoms with Crippen molar-refractivity contribution in [3.63, 3.8) is 0 Å². The van der Waals surface area contributed by atoms with Crippen molar-refractivity contribution < 1.29 is 4.79 Å². The molecular weight excluding hydrogens is 212 g/mol. The minimum atomic E-state index is 0.382. The van der Waals surface area contributed by atoms with Crippen molar-refractivity contribution >= 4 is 5.78 Å². The van der Waals surface area contributed by atoms with E-state index in [-0.39, 0.29) is 0 Å². The molecule has 2 aliphatic carbocycles. The molecule has 0 N–H and O–H groups in total. The van der Waals surface area contributed by atoms with Crippen molar-refractivity contribution in [2.45, 2.75) is 39.0 Å². The quantitative estimate of drug-likeness (QED) is 0.801. The van der Waals surface area contributed by atoms with E-state index in [0.717, 1.165) is 23.2 Å². The molecule has 1 aromatic heterocycles. The van der Waals surface area contributed by atoms with Crippen LogP contribution in [0.15, 0.2) is 6.07 Å². The van der Waals surface area contributed by atoms with Crippen molar-refractivity contribution in [1.29, 1.82) is 0 Å². The first-order valence-corrected chi connectivity index (χ1v) is 6.69. The van der Waals surface area contributed by atoms with Crippen LogP contribution in [0.5, 0.6) is 0 Å². The number of rotatable bonds is 3. The number of fused-ring (bicyclic) bond motifs is 1. The van der Waals surface area contributed by atoms with Gasteiger partial charge in [0.1, 0.15) is 5.78 Å². The summed E-state index contributed by atoms with van der Waals surface area (Å²) in [5, 5.41) is 4.30. The minimum Gasteiger partial charge on any atom is -0.299 e. The van der Waals surface area contributed by atoms with Crippen LogP contribution in [0.2, 0.25) is 0 Å². The van der Waals surface area contributed by atoms with Gasteiger partial charge in [0.2, 0.25) is 0 Å². The fourth-order valence-corrected chi connectivity index (χ4v) is 3.60. The Kier molecular flexibility index (Phi) is 2.57. The van der Waals surface area contributed by atoms with Gasteiger partial charge in [-0.05, 0) is 37.7 Å². The zero-order valence-electron chi connectivity index (χ0n) is 10.6. The van der Waals surface area contributed by atoms with E-state index in [4.69, 9.17) is 0 Å². The number of hydrogen-bond acceptors (Lipinski definition) is 2. The number of Topliss-reactive ketones (excluding diaryl/α,β-unsaturated/α-hetero) is 1. The van der Waals surface area contributed by atoms with Crippen molar-refractivity contribution in [2.75, 3.05) is 0 Å². The average Bonchev–Trinajstić information content (AvgIpc) is 2.93. The molecule has 2 saturated carbocycles. The standard InChI is InChI=1S/C14H20N2O/c1-9-7-10(16(2)15-9)8-13(17)14-11-5-3-4-6-12(11)14/h7,11-12,14H,3-6,8H2,1-2H3. The normalized spacial score (nSPS) is 31.1. The molecule has 0 saturated heterocycles. The highest BCUT2D eigenvalue weighted by Gasteiger charge is 2.54. The third-order valence-corrected chi connectivity index (χ3v) is 4.48. The van der Waals surface area contributed by atoms with Gasteiger partial charge in [-0.1, -0.05) is 12.8 Å². The van der Waals surface area contributed by atoms with Gasteiger partial charge in [0.25, 0.3) is 0 Å². The first kappa shape index (κ1) is 11.0. The molecule has 2 fully saturated rings. The van der Waals surface area contributed by atoms with Gasteiger partial charge in [0.05, 0.1) is 5.69 Å². The van der Waals surface area contributed by atoms with Crippen LogP contribution in [0.4, 0.5) is 0 Å². The first-order valence-electron chi connectivity index (χ1n) is 6.69. The topological polar surface area (TPSA) is 34.9 Å². The summed E-state index contributed by atoms with van der Waals surface area (Å²) >= 11 is 0. The van der Waals surface area contributed by atoms with Gasteiger partial charge in [-0.2, -0.15) is 5.10 Å². The monoisotopic (exact) mass is 232 g/mol. The van der Waals surface area contributed by atoms with Crippen molar-refractivity contribution in [3.8, 4) is 0 Å². The maximum absolute atomic E-state index is 12.3. The largest absolute Gasteiger partial charge is 0.299 e. The minimum absolute atomic E-state index is 0.382. The van der Waals surface area contributed by atoms with Gasteiger partial charge in [-0.15, -0.1) is 0 Å². The molecule has 2 unspecified atom stereocenters. The molecule has 3 heteroatoms. The highest BCUT2D eigenvalue weighted by Crippen LogP contribution is 2.55. The van der Waals surface area contributed by atoms with E-state index >= 15 is 0 Å². The number of carbonyl (C=O) groups is 1. The van der Waals surface area contributed by atoms with Crippen LogP contribution in [0.1, 0.15) is 37.1 Å². The highest BCUT2D eigenvalue weighted by atomic mass is 16.1. The van der Waals surface area contributed by atoms with Crippen LogP contribution >= 0.6 is 0 Å². The zero-order valence-corrected chi connectivity index (χ0v) is 10.6. The smallest absolute Gasteiger partial charge is 0.142 e. The molecule has 3 rings (SSSR count). The van der Waals surface area contributed by atoms with Gasteiger partial charge in [0.15, 0.2) is 0 Å². The second-order valence-electron chi connectivity index (χ2n) is 5.68. The summed E-state index contributed by atoms with van der Waals surface area (Å²) in [5.74, 6) is 2.29. The average molecular weight is 232 g/mol. The predicted molar refractivity (Wildman–Crippen MR) is 65.6 cm³/mol. The molecule has 0 radical (unpaired) electrons. The van der Waals surface area contributed by atoms with Crippen molar-refractivity contribution in [3.05, 3.63) is 17.5 Å². The molecule has 0 bridgehead atoms. The van der Waals surface area contributed by atoms with Gasteiger partial charge in [-0.3, -0.25) is 9.48 Å². The van der Waals surface area contributed by atoms with E-state index in [2.05, 4.69) is 5.10 Å². The molecule has 3 nitrogen and oxygen atoms in total. The maximum atomic E-state index is 12.3. The summed E-state index contributed by atoms with van der Waals surface area (Å²) in [6, 6.07) is 2.03. The second-order valence-corrected chi connectivity index (χ2v) is 5.68. The molecule has 17 heavy (non-hydrogen) atoms. The van der Waals surface area contributed by atoms with E-state index in [0.29, 0.717) is 18.1 Å². The van der Waals surface area contributed by atoms with Gasteiger partial charge < -0.3 is 0 Å². The Labute approximate surface area is 102 Å². The van der Waals surface area contributed by atoms with Crippen molar-refractivity contribution in [2.24, 2.45) is 24.8 Å². The summed E-state index contributed by atoms with van der Waals surface area (Å²) in [6.07, 6.45) is 5.80. The third kappa shape index (κ3) is 1.92. The molecule has 0 spiro atoms. The number of ketones is 1. The first-order chi connectivity index (χ1) is 8.16. The number of carbonyl (C=O) groups excluding carboxylic acids is 1. The summed E-state index contributed by atoms with van der Waals surface area (Å²) in [4.78, 5) is 12.3. The van der Waals surface area contributed by atoms with E-state index < -0.39 is 0 Å². The zero-order chi connectivity index (χ0) is 12.0. The molecule has 2 aliphatic rings. The predicted octanol–water partition coefficient (Wildman–Crippen LogP) is 2.28. The Hall–Kier alpha value is -1.12. The lowest BCUT2D eigenvalue weighted by Crippen LogP contribution is -2.10. The van der Waals surface area contributed by atoms with Gasteiger partial charge in [-0.25, -0.2) is 0 Å². The number of aromatic nitrogens is 2. The maximum Gasteiger partial charge on any atom is 0.142 e. The lowest BCUT2D eigenvalue weighted by Gasteiger charge is -2.04. The lowest BCUT2D eigenvalue weighted by atomic mass is 10.0. The fourth-order valence-electron chi connectivity index (χ4n) is 3.60. The molecule has 0 amide bonds. The molecule has 2 atom stereocenters. The second kappa shape index (κ2) is 3.97. The van der Waals surface area contributed by atoms with Crippen LogP contribution < -0.4 is 0 Å². The Morgan fingerprint density at radius 2 is 2.06 bits per heavy atom. The van der Waals surface area contributed by atoms with E-state index in [9.17, 15) is 4.79 Å². The molecular formula is C14H20N2O. The molecule has 0 aliphatic heterocycles. The molecule has 1 heterocycles. The summed E-state index contributed by atoms with van der Waals surface area (Å²) in [5.41, 5.74) is 2.07. The number of hydrogen-bond donors (Lipinski definition) is 0. The van der Waals surface area contributed by atoms with Crippen LogP contribution in [0, 0.1) is 24.7 Å². The third-order valence-electron chi connectivity index (χ3n) is 4.48. The van der Waals surface area contributed by atoms with Gasteiger partial charge in [0, 0.05) is 25.1 Å². The fraction of sp³-hybridized carbons (Fsp3) is 0.714. The Morgan fingerprint density at radius 3 is 2.59 bits per heavy atom. The SMILES string of the molecule is Cc1cc(CC(=O)C2C3CCCCC32)n(C)n1. The highest BCUT2D eigenvalue weighted by molar-refractivity contribution is 5.86. The molecule has 0 aromatic carbocycles. The van der Waals surface area contributed by atoms with Crippen LogP contribution in [-0.2, 0) is 18.3 Å². The summed E-state index contributed by atoms with van der Waals surface area (Å²) in [6.45, 7) is 1.98. The Morgan fingerprint density at radius 1 is 1.41 bits per heavy atom. The lowest BCUT2D eigenvalue weighted by molar-refractivity contribution is -0.120. The van der Waals surface area contributed by atoms with E-state index in [1.54, 1.807) is 0 Å². The number of nitrogens with zero attached hydrogens (tertiary/aromatic N) is 2. The van der Waals surface area contributed by atoms with Crippen LogP contribution in [0.25, 0.3) is 0 Å².